The molecule has 0 saturated carbocycles. The van der Waals surface area contributed by atoms with E-state index in [9.17, 15) is 83.8 Å². The topological polar surface area (TPSA) is 47.6 Å². The van der Waals surface area contributed by atoms with Gasteiger partial charge in [0.1, 0.15) is 5.82 Å². The standard InChI is InChI=1S/C16H7F18NO3/c1-5-2-3-6(17)4-7(5)35-8(36)9(18,12(22,23)24)37-16(33,34)11(21,14(28,29)30)38-15(31,32)10(19,20)13(25,26)27/h2-4H,1H3,(H,35,36)/t9-,11-/m0/s1. The maximum absolute atomic E-state index is 14.4. The fourth-order valence-electron chi connectivity index (χ4n) is 2.09. The number of aryl methyl sites for hydroxylation is 1. The lowest BCUT2D eigenvalue weighted by Gasteiger charge is -2.40. The Morgan fingerprint density at radius 3 is 1.55 bits per heavy atom. The minimum absolute atomic E-state index is 0.0836. The van der Waals surface area contributed by atoms with Crippen LogP contribution in [0.15, 0.2) is 18.2 Å². The number of rotatable bonds is 8. The maximum Gasteiger partial charge on any atom is 0.462 e. The summed E-state index contributed by atoms with van der Waals surface area (Å²) in [5, 5.41) is 0.710. The van der Waals surface area contributed by atoms with E-state index in [2.05, 4.69) is 0 Å². The van der Waals surface area contributed by atoms with Crippen molar-refractivity contribution in [3.05, 3.63) is 29.6 Å². The number of nitrogens with one attached hydrogen (secondary N) is 1. The number of hydrogen-bond donors (Lipinski definition) is 1. The van der Waals surface area contributed by atoms with Gasteiger partial charge in [0.25, 0.3) is 5.91 Å². The van der Waals surface area contributed by atoms with E-state index in [1.165, 1.54) is 4.74 Å². The second-order valence-corrected chi connectivity index (χ2v) is 6.91. The van der Waals surface area contributed by atoms with Crippen LogP contribution >= 0.6 is 0 Å². The Balaban J connectivity index is 3.67. The Morgan fingerprint density at radius 2 is 1.16 bits per heavy atom. The van der Waals surface area contributed by atoms with Crippen molar-refractivity contribution in [1.82, 2.24) is 0 Å². The van der Waals surface area contributed by atoms with Crippen LogP contribution in [0.4, 0.5) is 84.7 Å². The lowest BCUT2D eigenvalue weighted by molar-refractivity contribution is -0.548. The summed E-state index contributed by atoms with van der Waals surface area (Å²) < 4.78 is 239. The molecule has 22 heteroatoms. The van der Waals surface area contributed by atoms with Crippen LogP contribution in [0.25, 0.3) is 0 Å². The zero-order chi connectivity index (χ0) is 30.6. The third kappa shape index (κ3) is 5.83. The number of hydrogen-bond acceptors (Lipinski definition) is 3. The SMILES string of the molecule is Cc1ccc(F)cc1NC(=O)[C@](F)(OC(F)(F)[C@@](F)(OC(F)(F)C(F)(F)C(F)(F)F)C(F)(F)F)C(F)(F)F. The molecule has 0 radical (unpaired) electrons. The highest BCUT2D eigenvalue weighted by Crippen LogP contribution is 2.56. The molecule has 1 rings (SSSR count). The van der Waals surface area contributed by atoms with Crippen molar-refractivity contribution in [2.75, 3.05) is 5.32 Å². The van der Waals surface area contributed by atoms with E-state index in [1.54, 1.807) is 0 Å². The van der Waals surface area contributed by atoms with Gasteiger partial charge in [-0.05, 0) is 24.6 Å². The molecule has 0 aliphatic heterocycles. The Kier molecular flexibility index (Phi) is 8.36. The smallest absolute Gasteiger partial charge is 0.320 e. The first-order valence-electron chi connectivity index (χ1n) is 8.66. The molecule has 1 N–H and O–H groups in total. The molecule has 0 aliphatic rings. The molecule has 1 aromatic rings. The van der Waals surface area contributed by atoms with Gasteiger partial charge in [0, 0.05) is 5.69 Å². The normalized spacial score (nSPS) is 17.6. The average molecular weight is 603 g/mol. The maximum atomic E-state index is 14.4. The van der Waals surface area contributed by atoms with Gasteiger partial charge in [-0.25, -0.2) is 4.39 Å². The third-order valence-electron chi connectivity index (χ3n) is 4.10. The highest BCUT2D eigenvalue weighted by Gasteiger charge is 2.85. The quantitative estimate of drug-likeness (QED) is 0.328. The number of halogens is 18. The number of amides is 1. The Hall–Kier alpha value is -2.65. The summed E-state index contributed by atoms with van der Waals surface area (Å²) in [6.07, 6.45) is -38.9. The summed E-state index contributed by atoms with van der Waals surface area (Å²) in [5.74, 6) is -28.0. The van der Waals surface area contributed by atoms with Gasteiger partial charge in [0.15, 0.2) is 0 Å². The number of benzene rings is 1. The van der Waals surface area contributed by atoms with Crippen LogP contribution in [0, 0.1) is 12.7 Å². The molecule has 220 valence electrons. The zero-order valence-electron chi connectivity index (χ0n) is 17.3. The lowest BCUT2D eigenvalue weighted by atomic mass is 10.1. The first-order valence-corrected chi connectivity index (χ1v) is 8.66. The monoisotopic (exact) mass is 603 g/mol. The number of ether oxygens (including phenoxy) is 2. The summed E-state index contributed by atoms with van der Waals surface area (Å²) in [4.78, 5) is 11.7. The van der Waals surface area contributed by atoms with Crippen LogP contribution in [0.2, 0.25) is 0 Å². The predicted octanol–water partition coefficient (Wildman–Crippen LogP) is 6.95. The Bertz CT molecular complexity index is 1030. The van der Waals surface area contributed by atoms with Crippen molar-refractivity contribution in [3.8, 4) is 0 Å². The fraction of sp³-hybridized carbons (Fsp3) is 0.562. The van der Waals surface area contributed by atoms with Crippen molar-refractivity contribution >= 4 is 11.6 Å². The molecule has 0 spiro atoms. The Morgan fingerprint density at radius 1 is 0.684 bits per heavy atom. The highest BCUT2D eigenvalue weighted by molar-refractivity contribution is 5.97. The van der Waals surface area contributed by atoms with Gasteiger partial charge in [-0.15, -0.1) is 0 Å². The summed E-state index contributed by atoms with van der Waals surface area (Å²) in [7, 11) is 0. The molecule has 0 aliphatic carbocycles. The second-order valence-electron chi connectivity index (χ2n) is 6.91. The van der Waals surface area contributed by atoms with Crippen LogP contribution < -0.4 is 5.32 Å². The van der Waals surface area contributed by atoms with E-state index in [1.807, 2.05) is 4.74 Å². The molecule has 2 atom stereocenters. The fourth-order valence-corrected chi connectivity index (χ4v) is 2.09. The van der Waals surface area contributed by atoms with Gasteiger partial charge in [-0.3, -0.25) is 14.3 Å². The van der Waals surface area contributed by atoms with E-state index in [4.69, 9.17) is 0 Å². The molecule has 1 aromatic carbocycles. The molecule has 4 nitrogen and oxygen atoms in total. The van der Waals surface area contributed by atoms with Crippen molar-refractivity contribution in [2.24, 2.45) is 0 Å². The average Bonchev–Trinajstić information content (AvgIpc) is 2.67. The minimum atomic E-state index is -8.12. The van der Waals surface area contributed by atoms with Crippen molar-refractivity contribution in [3.63, 3.8) is 0 Å². The molecular weight excluding hydrogens is 596 g/mol. The number of carbonyl (C=O) groups excluding carboxylic acids is 1. The molecule has 0 bridgehead atoms. The highest BCUT2D eigenvalue weighted by atomic mass is 19.4. The van der Waals surface area contributed by atoms with E-state index in [0.717, 1.165) is 6.92 Å². The predicted molar refractivity (Wildman–Crippen MR) is 82.6 cm³/mol. The van der Waals surface area contributed by atoms with Crippen molar-refractivity contribution in [2.45, 2.75) is 55.3 Å². The van der Waals surface area contributed by atoms with Gasteiger partial charge in [-0.2, -0.15) is 74.6 Å². The molecule has 0 saturated heterocycles. The van der Waals surface area contributed by atoms with Crippen LogP contribution in [0.1, 0.15) is 5.56 Å². The van der Waals surface area contributed by atoms with E-state index < -0.39 is 71.4 Å². The molecule has 0 heterocycles. The summed E-state index contributed by atoms with van der Waals surface area (Å²) in [6, 6.07) is 1.30. The van der Waals surface area contributed by atoms with Gasteiger partial charge < -0.3 is 5.32 Å². The van der Waals surface area contributed by atoms with Gasteiger partial charge in [0.05, 0.1) is 0 Å². The van der Waals surface area contributed by atoms with E-state index >= 15 is 0 Å². The van der Waals surface area contributed by atoms with Gasteiger partial charge in [0.2, 0.25) is 0 Å². The lowest BCUT2D eigenvalue weighted by Crippen LogP contribution is -2.68. The minimum Gasteiger partial charge on any atom is -0.320 e. The molecular formula is C16H7F18NO3. The van der Waals surface area contributed by atoms with Crippen molar-refractivity contribution < 1.29 is 93.3 Å². The summed E-state index contributed by atoms with van der Waals surface area (Å²) in [6.45, 7) is 0.838. The van der Waals surface area contributed by atoms with Crippen LogP contribution in [-0.4, -0.2) is 54.3 Å². The molecule has 0 unspecified atom stereocenters. The number of alkyl halides is 17. The van der Waals surface area contributed by atoms with Gasteiger partial charge in [-0.1, -0.05) is 6.07 Å². The molecule has 38 heavy (non-hydrogen) atoms. The molecule has 0 fully saturated rings. The Labute approximate surface area is 196 Å². The van der Waals surface area contributed by atoms with Crippen LogP contribution in [0.3, 0.4) is 0 Å². The van der Waals surface area contributed by atoms with Crippen molar-refractivity contribution in [1.29, 1.82) is 0 Å². The largest absolute Gasteiger partial charge is 0.462 e. The summed E-state index contributed by atoms with van der Waals surface area (Å²) in [5.41, 5.74) is -1.69. The zero-order valence-corrected chi connectivity index (χ0v) is 17.3. The van der Waals surface area contributed by atoms with E-state index in [0.29, 0.717) is 17.4 Å². The number of anilines is 1. The van der Waals surface area contributed by atoms with Crippen LogP contribution in [-0.2, 0) is 14.3 Å². The third-order valence-corrected chi connectivity index (χ3v) is 4.10. The molecule has 0 aromatic heterocycles. The second kappa shape index (κ2) is 9.52. The van der Waals surface area contributed by atoms with Gasteiger partial charge >= 0.3 is 48.4 Å². The summed E-state index contributed by atoms with van der Waals surface area (Å²) >= 11 is 0. The number of carbonyl (C=O) groups is 1. The van der Waals surface area contributed by atoms with E-state index in [-0.39, 0.29) is 6.07 Å². The first-order chi connectivity index (χ1) is 16.5. The first kappa shape index (κ1) is 33.4. The molecule has 1 amide bonds. The van der Waals surface area contributed by atoms with Crippen LogP contribution in [0.5, 0.6) is 0 Å².